The minimum atomic E-state index is 0.131. The van der Waals surface area contributed by atoms with E-state index in [1.165, 1.54) is 44.1 Å². The minimum Gasteiger partial charge on any atom is -0.345 e. The Kier molecular flexibility index (Phi) is 5.33. The van der Waals surface area contributed by atoms with Crippen molar-refractivity contribution < 1.29 is 0 Å². The molecule has 2 aliphatic rings. The zero-order valence-electron chi connectivity index (χ0n) is 14.9. The average Bonchev–Trinajstić information content (AvgIpc) is 3.15. The number of rotatable bonds is 2. The number of nitrogens with one attached hydrogen (secondary N) is 1. The van der Waals surface area contributed by atoms with Gasteiger partial charge in [0.2, 0.25) is 0 Å². The van der Waals surface area contributed by atoms with Crippen LogP contribution < -0.4 is 5.32 Å². The Morgan fingerprint density at radius 2 is 1.41 bits per heavy atom. The number of alkyl halides is 1. The average molecular weight is 391 g/mol. The first kappa shape index (κ1) is 17.9. The molecule has 0 amide bonds. The summed E-state index contributed by atoms with van der Waals surface area (Å²) >= 11 is 6.47. The molecular formula is C23H19ClN2S. The highest BCUT2D eigenvalue weighted by molar-refractivity contribution is 8.03. The maximum Gasteiger partial charge on any atom is 0.111 e. The number of thioether (sulfide) groups is 1. The molecule has 0 radical (unpaired) electrons. The summed E-state index contributed by atoms with van der Waals surface area (Å²) in [5.74, 6) is 0. The Labute approximate surface area is 169 Å². The van der Waals surface area contributed by atoms with Crippen LogP contribution >= 0.6 is 23.4 Å². The Morgan fingerprint density at radius 3 is 2.19 bits per heavy atom. The van der Waals surface area contributed by atoms with Crippen LogP contribution in [0.4, 0.5) is 0 Å². The van der Waals surface area contributed by atoms with Crippen molar-refractivity contribution in [3.63, 3.8) is 0 Å². The molecule has 3 aromatic carbocycles. The Bertz CT molecular complexity index is 994. The lowest BCUT2D eigenvalue weighted by molar-refractivity contribution is 0.873. The van der Waals surface area contributed by atoms with E-state index in [2.05, 4.69) is 94.7 Å². The van der Waals surface area contributed by atoms with Gasteiger partial charge in [-0.15, -0.1) is 11.6 Å². The van der Waals surface area contributed by atoms with Gasteiger partial charge in [-0.2, -0.15) is 0 Å². The molecule has 1 atom stereocenters. The van der Waals surface area contributed by atoms with Gasteiger partial charge in [0.05, 0.1) is 12.0 Å². The number of nitrogens with zero attached hydrogens (tertiary/aromatic N) is 1. The Morgan fingerprint density at radius 1 is 0.778 bits per heavy atom. The largest absolute Gasteiger partial charge is 0.345 e. The molecule has 2 nitrogen and oxygen atoms in total. The van der Waals surface area contributed by atoms with E-state index in [-0.39, 0.29) is 6.04 Å². The van der Waals surface area contributed by atoms with E-state index in [0.717, 1.165) is 0 Å². The summed E-state index contributed by atoms with van der Waals surface area (Å²) in [5.41, 5.74) is 6.15. The molecule has 134 valence electrons. The molecule has 0 fully saturated rings. The van der Waals surface area contributed by atoms with E-state index in [1.54, 1.807) is 0 Å². The number of benzene rings is 3. The predicted molar refractivity (Wildman–Crippen MR) is 117 cm³/mol. The van der Waals surface area contributed by atoms with Gasteiger partial charge in [-0.25, -0.2) is 0 Å². The van der Waals surface area contributed by atoms with Gasteiger partial charge < -0.3 is 5.32 Å². The third-order valence-corrected chi connectivity index (χ3v) is 5.88. The van der Waals surface area contributed by atoms with Gasteiger partial charge in [-0.3, -0.25) is 4.99 Å². The van der Waals surface area contributed by atoms with Crippen molar-refractivity contribution in [1.29, 1.82) is 0 Å². The molecule has 0 saturated heterocycles. The van der Waals surface area contributed by atoms with Gasteiger partial charge in [0.1, 0.15) is 6.04 Å². The van der Waals surface area contributed by atoms with Crippen molar-refractivity contribution in [3.8, 4) is 11.1 Å². The number of hydrogen-bond donors (Lipinski definition) is 1. The molecule has 0 spiro atoms. The Hall–Kier alpha value is -2.49. The zero-order valence-corrected chi connectivity index (χ0v) is 16.5. The van der Waals surface area contributed by atoms with Crippen molar-refractivity contribution in [1.82, 2.24) is 5.32 Å². The fourth-order valence-corrected chi connectivity index (χ4v) is 4.64. The van der Waals surface area contributed by atoms with E-state index in [1.807, 2.05) is 24.2 Å². The van der Waals surface area contributed by atoms with Crippen molar-refractivity contribution in [2.24, 2.45) is 4.99 Å². The first-order valence-electron chi connectivity index (χ1n) is 8.73. The second kappa shape index (κ2) is 8.03. The highest BCUT2D eigenvalue weighted by atomic mass is 35.5. The standard InChI is InChI=1S/C22H16N2S.CH3Cl/c1-2-6-15(7-3-1)16-10-12-17(13-11-16)20-22-21(24-14-23-20)18-8-4-5-9-19(18)25-22;1-2/h1-14,21H,(H,23,24);1H3. The number of aliphatic imine (C=N–C) groups is 1. The topological polar surface area (TPSA) is 24.4 Å². The minimum absolute atomic E-state index is 0.131. The van der Waals surface area contributed by atoms with Gasteiger partial charge >= 0.3 is 0 Å². The highest BCUT2D eigenvalue weighted by Gasteiger charge is 2.32. The lowest BCUT2D eigenvalue weighted by Gasteiger charge is -2.19. The fraction of sp³-hybridized carbons (Fsp3) is 0.0870. The van der Waals surface area contributed by atoms with E-state index >= 15 is 0 Å². The third kappa shape index (κ3) is 3.41. The molecule has 2 aliphatic heterocycles. The van der Waals surface area contributed by atoms with Crippen LogP contribution in [0.15, 0.2) is 93.7 Å². The van der Waals surface area contributed by atoms with E-state index in [9.17, 15) is 0 Å². The van der Waals surface area contributed by atoms with Gasteiger partial charge in [-0.05, 0) is 28.3 Å². The SMILES string of the molecule is C1=NC2C(=C(c3ccc(-c4ccccc4)cc3)N1)Sc1ccccc12.CCl. The molecule has 1 unspecified atom stereocenters. The monoisotopic (exact) mass is 390 g/mol. The van der Waals surface area contributed by atoms with Crippen LogP contribution in [0.3, 0.4) is 0 Å². The number of hydrogen-bond acceptors (Lipinski definition) is 3. The molecule has 4 heteroatoms. The first-order chi connectivity index (χ1) is 13.4. The number of fused-ring (bicyclic) bond motifs is 3. The molecule has 5 rings (SSSR count). The summed E-state index contributed by atoms with van der Waals surface area (Å²) in [4.78, 5) is 7.25. The van der Waals surface area contributed by atoms with Crippen LogP contribution in [-0.4, -0.2) is 12.7 Å². The third-order valence-electron chi connectivity index (χ3n) is 4.64. The summed E-state index contributed by atoms with van der Waals surface area (Å²) in [7, 11) is 0. The molecular weight excluding hydrogens is 372 g/mol. The second-order valence-electron chi connectivity index (χ2n) is 6.15. The van der Waals surface area contributed by atoms with Gasteiger partial charge in [0.25, 0.3) is 0 Å². The second-order valence-corrected chi connectivity index (χ2v) is 7.23. The van der Waals surface area contributed by atoms with Crippen LogP contribution in [0.5, 0.6) is 0 Å². The summed E-state index contributed by atoms with van der Waals surface area (Å²) in [6.45, 7) is 0. The molecule has 1 N–H and O–H groups in total. The highest BCUT2D eigenvalue weighted by Crippen LogP contribution is 2.52. The van der Waals surface area contributed by atoms with Gasteiger partial charge in [0.15, 0.2) is 0 Å². The molecule has 27 heavy (non-hydrogen) atoms. The molecule has 2 heterocycles. The van der Waals surface area contributed by atoms with Crippen molar-refractivity contribution in [2.45, 2.75) is 10.9 Å². The van der Waals surface area contributed by atoms with E-state index in [0.29, 0.717) is 0 Å². The maximum absolute atomic E-state index is 4.66. The summed E-state index contributed by atoms with van der Waals surface area (Å²) in [6, 6.07) is 27.9. The van der Waals surface area contributed by atoms with Crippen LogP contribution in [0.25, 0.3) is 16.8 Å². The quantitative estimate of drug-likeness (QED) is 0.515. The van der Waals surface area contributed by atoms with Crippen LogP contribution in [0.2, 0.25) is 0 Å². The van der Waals surface area contributed by atoms with E-state index < -0.39 is 0 Å². The van der Waals surface area contributed by atoms with Crippen LogP contribution in [0.1, 0.15) is 17.2 Å². The summed E-state index contributed by atoms with van der Waals surface area (Å²) < 4.78 is 0. The van der Waals surface area contributed by atoms with Crippen molar-refractivity contribution in [2.75, 3.05) is 6.38 Å². The predicted octanol–water partition coefficient (Wildman–Crippen LogP) is 6.36. The lowest BCUT2D eigenvalue weighted by atomic mass is 10.00. The van der Waals surface area contributed by atoms with Crippen molar-refractivity contribution in [3.05, 3.63) is 94.9 Å². The van der Waals surface area contributed by atoms with Crippen molar-refractivity contribution >= 4 is 35.4 Å². The first-order valence-corrected chi connectivity index (χ1v) is 10.3. The summed E-state index contributed by atoms with van der Waals surface area (Å²) in [5, 5.41) is 3.37. The van der Waals surface area contributed by atoms with Gasteiger partial charge in [-0.1, -0.05) is 84.6 Å². The van der Waals surface area contributed by atoms with E-state index in [4.69, 9.17) is 0 Å². The fourth-order valence-electron chi connectivity index (χ4n) is 3.38. The molecule has 0 saturated carbocycles. The smallest absolute Gasteiger partial charge is 0.111 e. The normalized spacial score (nSPS) is 16.7. The number of halogens is 1. The molecule has 0 aliphatic carbocycles. The molecule has 3 aromatic rings. The summed E-state index contributed by atoms with van der Waals surface area (Å²) in [6.07, 6.45) is 3.30. The van der Waals surface area contributed by atoms with Crippen LogP contribution in [-0.2, 0) is 0 Å². The molecule has 0 bridgehead atoms. The van der Waals surface area contributed by atoms with Gasteiger partial charge in [0, 0.05) is 16.2 Å². The van der Waals surface area contributed by atoms with Crippen LogP contribution in [0, 0.1) is 0 Å². The maximum atomic E-state index is 4.66. The lowest BCUT2D eigenvalue weighted by Crippen LogP contribution is -2.17. The Balaban J connectivity index is 0.000000872. The zero-order chi connectivity index (χ0) is 18.6. The molecule has 0 aromatic heterocycles.